The molecule has 0 bridgehead atoms. The Hall–Kier alpha value is -2.66. The van der Waals surface area contributed by atoms with Gasteiger partial charge in [0.05, 0.1) is 12.1 Å². The predicted octanol–water partition coefficient (Wildman–Crippen LogP) is 3.50. The van der Waals surface area contributed by atoms with Crippen molar-refractivity contribution >= 4 is 11.8 Å². The molecule has 0 aromatic heterocycles. The Labute approximate surface area is 185 Å². The van der Waals surface area contributed by atoms with Crippen LogP contribution in [0.2, 0.25) is 0 Å². The van der Waals surface area contributed by atoms with Crippen molar-refractivity contribution < 1.29 is 9.59 Å². The zero-order valence-corrected chi connectivity index (χ0v) is 18.3. The van der Waals surface area contributed by atoms with E-state index in [4.69, 9.17) is 0 Å². The minimum absolute atomic E-state index is 0.0267. The average molecular weight is 420 g/mol. The fraction of sp³-hybridized carbons (Fsp3) is 0.462. The average Bonchev–Trinajstić information content (AvgIpc) is 2.83. The monoisotopic (exact) mass is 419 g/mol. The molecule has 5 heteroatoms. The topological polar surface area (TPSA) is 70.2 Å². The number of carbonyl (C=O) groups is 2. The maximum absolute atomic E-state index is 12.7. The number of amides is 2. The summed E-state index contributed by atoms with van der Waals surface area (Å²) in [5.41, 5.74) is 3.67. The third kappa shape index (κ3) is 5.53. The molecule has 1 heterocycles. The minimum Gasteiger partial charge on any atom is -0.354 e. The van der Waals surface area contributed by atoms with E-state index >= 15 is 0 Å². The van der Waals surface area contributed by atoms with Crippen LogP contribution in [-0.4, -0.2) is 24.4 Å². The van der Waals surface area contributed by atoms with Crippen LogP contribution >= 0.6 is 0 Å². The largest absolute Gasteiger partial charge is 0.354 e. The van der Waals surface area contributed by atoms with E-state index in [9.17, 15) is 9.59 Å². The molecule has 2 aliphatic rings. The summed E-state index contributed by atoms with van der Waals surface area (Å²) in [4.78, 5) is 25.3. The molecule has 3 N–H and O–H groups in total. The minimum atomic E-state index is -0.156. The summed E-state index contributed by atoms with van der Waals surface area (Å²) in [6.45, 7) is 3.48. The van der Waals surface area contributed by atoms with Crippen molar-refractivity contribution in [3.05, 3.63) is 71.3 Å². The summed E-state index contributed by atoms with van der Waals surface area (Å²) < 4.78 is 0. The molecular formula is C26H33N3O2. The van der Waals surface area contributed by atoms with Crippen molar-refractivity contribution in [1.82, 2.24) is 16.0 Å². The highest BCUT2D eigenvalue weighted by atomic mass is 16.2. The Balaban J connectivity index is 1.18. The summed E-state index contributed by atoms with van der Waals surface area (Å²) >= 11 is 0. The van der Waals surface area contributed by atoms with E-state index in [0.717, 1.165) is 44.2 Å². The van der Waals surface area contributed by atoms with Gasteiger partial charge in [-0.25, -0.2) is 0 Å². The quantitative estimate of drug-likeness (QED) is 0.671. The number of hydrogen-bond acceptors (Lipinski definition) is 3. The first kappa shape index (κ1) is 21.6. The van der Waals surface area contributed by atoms with Gasteiger partial charge in [0.2, 0.25) is 11.8 Å². The molecule has 164 valence electrons. The van der Waals surface area contributed by atoms with Crippen LogP contribution in [-0.2, 0) is 22.6 Å². The van der Waals surface area contributed by atoms with Crippen LogP contribution < -0.4 is 16.0 Å². The van der Waals surface area contributed by atoms with E-state index < -0.39 is 0 Å². The Morgan fingerprint density at radius 3 is 2.35 bits per heavy atom. The molecule has 4 rings (SSSR count). The molecule has 2 amide bonds. The molecule has 0 radical (unpaired) electrons. The normalized spacial score (nSPS) is 24.0. The maximum atomic E-state index is 12.7. The van der Waals surface area contributed by atoms with Gasteiger partial charge in [0.1, 0.15) is 0 Å². The van der Waals surface area contributed by atoms with Crippen LogP contribution in [0.3, 0.4) is 0 Å². The third-order valence-corrected chi connectivity index (χ3v) is 6.84. The van der Waals surface area contributed by atoms with Crippen LogP contribution in [0, 0.1) is 11.8 Å². The van der Waals surface area contributed by atoms with E-state index in [1.807, 2.05) is 49.4 Å². The van der Waals surface area contributed by atoms with Gasteiger partial charge in [-0.2, -0.15) is 0 Å². The number of nitrogens with one attached hydrogen (secondary N) is 3. The molecule has 0 saturated heterocycles. The molecule has 31 heavy (non-hydrogen) atoms. The highest BCUT2D eigenvalue weighted by Crippen LogP contribution is 2.29. The lowest BCUT2D eigenvalue weighted by Gasteiger charge is -2.30. The smallest absolute Gasteiger partial charge is 0.237 e. The van der Waals surface area contributed by atoms with E-state index in [1.54, 1.807) is 0 Å². The van der Waals surface area contributed by atoms with Gasteiger partial charge in [-0.05, 0) is 61.6 Å². The van der Waals surface area contributed by atoms with E-state index in [1.165, 1.54) is 11.1 Å². The number of carbonyl (C=O) groups excluding carboxylic acids is 2. The number of hydrogen-bond donors (Lipinski definition) is 3. The van der Waals surface area contributed by atoms with Gasteiger partial charge in [0.15, 0.2) is 0 Å². The zero-order chi connectivity index (χ0) is 21.6. The van der Waals surface area contributed by atoms with Crippen molar-refractivity contribution in [1.29, 1.82) is 0 Å². The van der Waals surface area contributed by atoms with Crippen molar-refractivity contribution in [2.24, 2.45) is 11.8 Å². The molecule has 0 spiro atoms. The zero-order valence-electron chi connectivity index (χ0n) is 18.3. The summed E-state index contributed by atoms with van der Waals surface area (Å²) in [5.74, 6) is 0.778. The summed E-state index contributed by atoms with van der Waals surface area (Å²) in [7, 11) is 0. The van der Waals surface area contributed by atoms with E-state index in [-0.39, 0.29) is 29.8 Å². The molecule has 1 aliphatic carbocycles. The van der Waals surface area contributed by atoms with Gasteiger partial charge in [-0.1, -0.05) is 54.6 Å². The third-order valence-electron chi connectivity index (χ3n) is 6.84. The van der Waals surface area contributed by atoms with E-state index in [2.05, 4.69) is 28.1 Å². The first-order chi connectivity index (χ1) is 15.1. The number of fused-ring (bicyclic) bond motifs is 1. The highest BCUT2D eigenvalue weighted by Gasteiger charge is 2.29. The lowest BCUT2D eigenvalue weighted by molar-refractivity contribution is -0.127. The fourth-order valence-corrected chi connectivity index (χ4v) is 4.79. The Bertz CT molecular complexity index is 891. The molecular weight excluding hydrogens is 386 g/mol. The van der Waals surface area contributed by atoms with Crippen molar-refractivity contribution in [2.75, 3.05) is 6.54 Å². The molecule has 0 unspecified atom stereocenters. The van der Waals surface area contributed by atoms with Crippen molar-refractivity contribution in [3.63, 3.8) is 0 Å². The van der Waals surface area contributed by atoms with Gasteiger partial charge >= 0.3 is 0 Å². The fourth-order valence-electron chi connectivity index (χ4n) is 4.79. The van der Waals surface area contributed by atoms with E-state index in [0.29, 0.717) is 12.5 Å². The number of benzene rings is 2. The lowest BCUT2D eigenvalue weighted by atomic mass is 9.81. The van der Waals surface area contributed by atoms with Crippen LogP contribution in [0.15, 0.2) is 54.6 Å². The van der Waals surface area contributed by atoms with Gasteiger partial charge in [-0.3, -0.25) is 9.59 Å². The second kappa shape index (κ2) is 10.1. The van der Waals surface area contributed by atoms with Gasteiger partial charge in [0, 0.05) is 19.0 Å². The van der Waals surface area contributed by atoms with Gasteiger partial charge in [-0.15, -0.1) is 0 Å². The standard InChI is InChI=1S/C26H33N3O2/c1-18(20-7-3-2-4-8-20)29-25(30)21-13-11-19(12-14-21)16-28-26(31)24-15-22-9-5-6-10-23(22)17-27-24/h2-10,18-19,21,24,27H,11-17H2,1H3,(H,28,31)(H,29,30)/t18-,19?,21?,24-/m0/s1. The Morgan fingerprint density at radius 2 is 1.61 bits per heavy atom. The van der Waals surface area contributed by atoms with Gasteiger partial charge < -0.3 is 16.0 Å². The molecule has 1 aliphatic heterocycles. The molecule has 2 aromatic carbocycles. The predicted molar refractivity (Wildman–Crippen MR) is 122 cm³/mol. The van der Waals surface area contributed by atoms with Crippen molar-refractivity contribution in [2.45, 2.75) is 57.7 Å². The number of rotatable bonds is 6. The second-order valence-corrected chi connectivity index (χ2v) is 9.01. The SMILES string of the molecule is C[C@H](NC(=O)C1CCC(CNC(=O)[C@@H]2Cc3ccccc3CN2)CC1)c1ccccc1. The van der Waals surface area contributed by atoms with Gasteiger partial charge in [0.25, 0.3) is 0 Å². The summed E-state index contributed by atoms with van der Waals surface area (Å²) in [6, 6.07) is 18.3. The lowest BCUT2D eigenvalue weighted by Crippen LogP contribution is -2.48. The Morgan fingerprint density at radius 1 is 0.935 bits per heavy atom. The second-order valence-electron chi connectivity index (χ2n) is 9.01. The molecule has 2 aromatic rings. The molecule has 5 nitrogen and oxygen atoms in total. The van der Waals surface area contributed by atoms with Crippen LogP contribution in [0.5, 0.6) is 0 Å². The highest BCUT2D eigenvalue weighted by molar-refractivity contribution is 5.82. The van der Waals surface area contributed by atoms with Crippen LogP contribution in [0.4, 0.5) is 0 Å². The summed E-state index contributed by atoms with van der Waals surface area (Å²) in [6.07, 6.45) is 4.50. The maximum Gasteiger partial charge on any atom is 0.237 e. The molecule has 2 atom stereocenters. The van der Waals surface area contributed by atoms with Crippen LogP contribution in [0.25, 0.3) is 0 Å². The first-order valence-corrected chi connectivity index (χ1v) is 11.5. The van der Waals surface area contributed by atoms with Crippen molar-refractivity contribution in [3.8, 4) is 0 Å². The molecule has 1 fully saturated rings. The van der Waals surface area contributed by atoms with Crippen LogP contribution in [0.1, 0.15) is 55.3 Å². The molecule has 1 saturated carbocycles. The summed E-state index contributed by atoms with van der Waals surface area (Å²) in [5, 5.41) is 9.67. The first-order valence-electron chi connectivity index (χ1n) is 11.5. The Kier molecular flexibility index (Phi) is 7.03.